The first-order chi connectivity index (χ1) is 8.93. The third kappa shape index (κ3) is 4.75. The maximum atomic E-state index is 12.4. The summed E-state index contributed by atoms with van der Waals surface area (Å²) in [6.07, 6.45) is -0.966. The van der Waals surface area contributed by atoms with Crippen LogP contribution < -0.4 is 10.1 Å². The van der Waals surface area contributed by atoms with E-state index in [4.69, 9.17) is 21.4 Å². The highest BCUT2D eigenvalue weighted by Gasteiger charge is 2.23. The van der Waals surface area contributed by atoms with E-state index in [9.17, 15) is 14.0 Å². The summed E-state index contributed by atoms with van der Waals surface area (Å²) in [7, 11) is 0. The van der Waals surface area contributed by atoms with Crippen LogP contribution in [-0.2, 0) is 9.59 Å². The standard InChI is InChI=1S/C12H13ClFNO4/c1-7(11(16)15-10(6-14)12(17)18)19-9-4-2-3-8(13)5-9/h2-5,7,10H,6H2,1H3,(H,15,16)(H,17,18). The topological polar surface area (TPSA) is 75.6 Å². The molecular weight excluding hydrogens is 277 g/mol. The van der Waals surface area contributed by atoms with E-state index in [2.05, 4.69) is 0 Å². The van der Waals surface area contributed by atoms with Crippen molar-refractivity contribution in [3.8, 4) is 5.75 Å². The SMILES string of the molecule is CC(Oc1cccc(Cl)c1)C(=O)NC(CF)C(=O)O. The quantitative estimate of drug-likeness (QED) is 0.835. The molecule has 7 heteroatoms. The molecule has 0 heterocycles. The number of rotatable bonds is 6. The van der Waals surface area contributed by atoms with E-state index in [1.54, 1.807) is 18.2 Å². The number of alkyl halides is 1. The van der Waals surface area contributed by atoms with Gasteiger partial charge in [-0.1, -0.05) is 17.7 Å². The molecule has 0 aliphatic carbocycles. The predicted octanol–water partition coefficient (Wildman–Crippen LogP) is 1.65. The van der Waals surface area contributed by atoms with Crippen LogP contribution in [0, 0.1) is 0 Å². The van der Waals surface area contributed by atoms with Crippen molar-refractivity contribution in [2.24, 2.45) is 0 Å². The van der Waals surface area contributed by atoms with Crippen LogP contribution in [-0.4, -0.2) is 35.8 Å². The summed E-state index contributed by atoms with van der Waals surface area (Å²) in [5.74, 6) is -1.79. The van der Waals surface area contributed by atoms with Crippen LogP contribution in [0.1, 0.15) is 6.92 Å². The van der Waals surface area contributed by atoms with Gasteiger partial charge in [0.15, 0.2) is 12.1 Å². The summed E-state index contributed by atoms with van der Waals surface area (Å²) in [5, 5.41) is 11.1. The summed E-state index contributed by atoms with van der Waals surface area (Å²) in [4.78, 5) is 22.2. The molecule has 0 aliphatic rings. The molecule has 0 spiro atoms. The van der Waals surface area contributed by atoms with Gasteiger partial charge >= 0.3 is 5.97 Å². The van der Waals surface area contributed by atoms with Gasteiger partial charge in [0.05, 0.1) is 0 Å². The Labute approximate surface area is 114 Å². The minimum absolute atomic E-state index is 0.363. The van der Waals surface area contributed by atoms with E-state index in [1.165, 1.54) is 13.0 Å². The Hall–Kier alpha value is -1.82. The zero-order valence-corrected chi connectivity index (χ0v) is 10.9. The Morgan fingerprint density at radius 2 is 2.21 bits per heavy atom. The van der Waals surface area contributed by atoms with Gasteiger partial charge in [-0.2, -0.15) is 0 Å². The van der Waals surface area contributed by atoms with Crippen molar-refractivity contribution in [1.82, 2.24) is 5.32 Å². The molecule has 5 nitrogen and oxygen atoms in total. The Morgan fingerprint density at radius 1 is 1.53 bits per heavy atom. The summed E-state index contributed by atoms with van der Waals surface area (Å²) in [5.41, 5.74) is 0. The lowest BCUT2D eigenvalue weighted by molar-refractivity contribution is -0.143. The average Bonchev–Trinajstić information content (AvgIpc) is 2.35. The zero-order chi connectivity index (χ0) is 14.4. The van der Waals surface area contributed by atoms with Gasteiger partial charge in [-0.3, -0.25) is 4.79 Å². The minimum atomic E-state index is -1.57. The predicted molar refractivity (Wildman–Crippen MR) is 67.1 cm³/mol. The number of hydrogen-bond acceptors (Lipinski definition) is 3. The highest BCUT2D eigenvalue weighted by atomic mass is 35.5. The van der Waals surface area contributed by atoms with Gasteiger partial charge in [0.1, 0.15) is 12.4 Å². The van der Waals surface area contributed by atoms with Crippen molar-refractivity contribution < 1.29 is 23.8 Å². The van der Waals surface area contributed by atoms with Crippen molar-refractivity contribution in [2.45, 2.75) is 19.1 Å². The molecule has 2 unspecified atom stereocenters. The number of ether oxygens (including phenoxy) is 1. The molecule has 0 saturated heterocycles. The van der Waals surface area contributed by atoms with E-state index in [-0.39, 0.29) is 0 Å². The van der Waals surface area contributed by atoms with Crippen LogP contribution >= 0.6 is 11.6 Å². The van der Waals surface area contributed by atoms with Crippen LogP contribution in [0.4, 0.5) is 4.39 Å². The fourth-order valence-corrected chi connectivity index (χ4v) is 1.43. The van der Waals surface area contributed by atoms with Gasteiger partial charge in [0.2, 0.25) is 0 Å². The van der Waals surface area contributed by atoms with E-state index in [0.29, 0.717) is 10.8 Å². The van der Waals surface area contributed by atoms with E-state index < -0.39 is 30.7 Å². The summed E-state index contributed by atoms with van der Waals surface area (Å²) < 4.78 is 17.6. The maximum Gasteiger partial charge on any atom is 0.328 e. The van der Waals surface area contributed by atoms with Crippen molar-refractivity contribution >= 4 is 23.5 Å². The van der Waals surface area contributed by atoms with Gasteiger partial charge in [-0.15, -0.1) is 0 Å². The number of carboxylic acids is 1. The van der Waals surface area contributed by atoms with E-state index >= 15 is 0 Å². The highest BCUT2D eigenvalue weighted by molar-refractivity contribution is 6.30. The van der Waals surface area contributed by atoms with Gasteiger partial charge in [-0.25, -0.2) is 9.18 Å². The molecular formula is C12H13ClFNO4. The molecule has 1 amide bonds. The first kappa shape index (κ1) is 15.2. The smallest absolute Gasteiger partial charge is 0.328 e. The van der Waals surface area contributed by atoms with Gasteiger partial charge in [0.25, 0.3) is 5.91 Å². The normalized spacial score (nSPS) is 13.4. The van der Waals surface area contributed by atoms with E-state index in [1.807, 2.05) is 5.32 Å². The molecule has 0 fully saturated rings. The number of carboxylic acid groups (broad SMARTS) is 1. The minimum Gasteiger partial charge on any atom is -0.481 e. The van der Waals surface area contributed by atoms with Crippen molar-refractivity contribution in [3.05, 3.63) is 29.3 Å². The number of nitrogens with one attached hydrogen (secondary N) is 1. The average molecular weight is 290 g/mol. The van der Waals surface area contributed by atoms with Crippen LogP contribution in [0.3, 0.4) is 0 Å². The van der Waals surface area contributed by atoms with Gasteiger partial charge < -0.3 is 15.2 Å². The second kappa shape index (κ2) is 6.94. The lowest BCUT2D eigenvalue weighted by Gasteiger charge is -2.17. The van der Waals surface area contributed by atoms with Crippen molar-refractivity contribution in [3.63, 3.8) is 0 Å². The molecule has 104 valence electrons. The second-order valence-electron chi connectivity index (χ2n) is 3.77. The van der Waals surface area contributed by atoms with Crippen LogP contribution in [0.5, 0.6) is 5.75 Å². The second-order valence-corrected chi connectivity index (χ2v) is 4.21. The van der Waals surface area contributed by atoms with Crippen LogP contribution in [0.25, 0.3) is 0 Å². The number of amides is 1. The number of hydrogen-bond donors (Lipinski definition) is 2. The van der Waals surface area contributed by atoms with E-state index in [0.717, 1.165) is 0 Å². The summed E-state index contributed by atoms with van der Waals surface area (Å²) in [6, 6.07) is 4.82. The van der Waals surface area contributed by atoms with Crippen LogP contribution in [0.2, 0.25) is 5.02 Å². The molecule has 1 aromatic carbocycles. The molecule has 0 aromatic heterocycles. The van der Waals surface area contributed by atoms with Crippen molar-refractivity contribution in [1.29, 1.82) is 0 Å². The number of carbonyl (C=O) groups excluding carboxylic acids is 1. The molecule has 19 heavy (non-hydrogen) atoms. The number of carbonyl (C=O) groups is 2. The summed E-state index contributed by atoms with van der Waals surface area (Å²) in [6.45, 7) is 0.234. The monoisotopic (exact) mass is 289 g/mol. The molecule has 0 radical (unpaired) electrons. The Bertz CT molecular complexity index is 469. The van der Waals surface area contributed by atoms with Crippen LogP contribution in [0.15, 0.2) is 24.3 Å². The molecule has 1 aromatic rings. The lowest BCUT2D eigenvalue weighted by Crippen LogP contribution is -2.47. The van der Waals surface area contributed by atoms with Gasteiger partial charge in [0, 0.05) is 5.02 Å². The Balaban J connectivity index is 2.60. The number of aliphatic carboxylic acids is 1. The third-order valence-corrected chi connectivity index (χ3v) is 2.48. The molecule has 1 rings (SSSR count). The largest absolute Gasteiger partial charge is 0.481 e. The fourth-order valence-electron chi connectivity index (χ4n) is 1.25. The lowest BCUT2D eigenvalue weighted by atomic mass is 10.3. The third-order valence-electron chi connectivity index (χ3n) is 2.25. The molecule has 0 saturated carbocycles. The first-order valence-electron chi connectivity index (χ1n) is 5.45. The van der Waals surface area contributed by atoms with Gasteiger partial charge in [-0.05, 0) is 25.1 Å². The highest BCUT2D eigenvalue weighted by Crippen LogP contribution is 2.18. The molecule has 2 atom stereocenters. The fraction of sp³-hybridized carbons (Fsp3) is 0.333. The zero-order valence-electron chi connectivity index (χ0n) is 10.1. The molecule has 2 N–H and O–H groups in total. The first-order valence-corrected chi connectivity index (χ1v) is 5.83. The molecule has 0 bridgehead atoms. The Morgan fingerprint density at radius 3 is 2.74 bits per heavy atom. The maximum absolute atomic E-state index is 12.4. The number of halogens is 2. The molecule has 0 aliphatic heterocycles. The van der Waals surface area contributed by atoms with Crippen molar-refractivity contribution in [2.75, 3.05) is 6.67 Å². The Kier molecular flexibility index (Phi) is 5.57. The number of benzene rings is 1. The summed E-state index contributed by atoms with van der Waals surface area (Å²) >= 11 is 5.75.